The highest BCUT2D eigenvalue weighted by Gasteiger charge is 2.51. The largest absolute Gasteiger partial charge is 0.372 e. The number of rotatable bonds is 6. The third kappa shape index (κ3) is 4.89. The molecular weight excluding hydrogens is 437 g/mol. The number of aliphatic hydroxyl groups is 1. The molecule has 0 aromatic heterocycles. The van der Waals surface area contributed by atoms with Gasteiger partial charge >= 0.3 is 0 Å². The molecule has 0 spiro atoms. The molecule has 160 valence electrons. The minimum atomic E-state index is -3.44. The molecule has 1 heterocycles. The zero-order valence-corrected chi connectivity index (χ0v) is 17.4. The number of amides is 2. The Balaban J connectivity index is 1.68. The first-order chi connectivity index (χ1) is 14.0. The van der Waals surface area contributed by atoms with Crippen LogP contribution in [-0.2, 0) is 26.2 Å². The lowest BCUT2D eigenvalue weighted by Gasteiger charge is -2.22. The first-order valence-electron chi connectivity index (χ1n) is 8.83. The fourth-order valence-corrected chi connectivity index (χ4v) is 3.94. The van der Waals surface area contributed by atoms with Crippen LogP contribution in [0, 0.1) is 5.82 Å². The maximum Gasteiger partial charge on any atom is 0.268 e. The Morgan fingerprint density at radius 1 is 1.27 bits per heavy atom. The third-order valence-corrected chi connectivity index (χ3v) is 5.35. The maximum absolute atomic E-state index is 13.4. The van der Waals surface area contributed by atoms with Crippen molar-refractivity contribution in [1.82, 2.24) is 5.32 Å². The molecule has 0 aliphatic carbocycles. The summed E-state index contributed by atoms with van der Waals surface area (Å²) in [6.45, 7) is -0.0227. The molecule has 11 heteroatoms. The second-order valence-electron chi connectivity index (χ2n) is 6.95. The van der Waals surface area contributed by atoms with Crippen LogP contribution in [0.2, 0.25) is 5.02 Å². The number of hydrogen-bond donors (Lipinski definition) is 3. The van der Waals surface area contributed by atoms with Crippen molar-refractivity contribution >= 4 is 44.8 Å². The maximum atomic E-state index is 13.4. The second-order valence-corrected chi connectivity index (χ2v) is 9.13. The Morgan fingerprint density at radius 3 is 2.53 bits per heavy atom. The van der Waals surface area contributed by atoms with Crippen molar-refractivity contribution in [3.8, 4) is 0 Å². The summed E-state index contributed by atoms with van der Waals surface area (Å²) in [5.41, 5.74) is -1.16. The van der Waals surface area contributed by atoms with Gasteiger partial charge in [-0.05, 0) is 48.0 Å². The molecule has 30 heavy (non-hydrogen) atoms. The van der Waals surface area contributed by atoms with E-state index < -0.39 is 33.3 Å². The smallest absolute Gasteiger partial charge is 0.268 e. The van der Waals surface area contributed by atoms with Gasteiger partial charge in [0.25, 0.3) is 11.8 Å². The lowest BCUT2D eigenvalue weighted by Crippen LogP contribution is -2.52. The van der Waals surface area contributed by atoms with Crippen LogP contribution in [0.1, 0.15) is 12.0 Å². The van der Waals surface area contributed by atoms with Crippen LogP contribution < -0.4 is 14.9 Å². The molecule has 1 fully saturated rings. The summed E-state index contributed by atoms with van der Waals surface area (Å²) in [7, 11) is -3.44. The average molecular weight is 456 g/mol. The van der Waals surface area contributed by atoms with Crippen LogP contribution in [0.25, 0.3) is 0 Å². The monoisotopic (exact) mass is 455 g/mol. The number of nitrogens with one attached hydrogen (secondary N) is 2. The Kier molecular flexibility index (Phi) is 6.02. The van der Waals surface area contributed by atoms with Crippen molar-refractivity contribution in [2.24, 2.45) is 0 Å². The highest BCUT2D eigenvalue weighted by atomic mass is 35.5. The third-order valence-electron chi connectivity index (χ3n) is 4.53. The molecule has 2 aromatic rings. The van der Waals surface area contributed by atoms with E-state index in [-0.39, 0.29) is 24.5 Å². The summed E-state index contributed by atoms with van der Waals surface area (Å²) in [5, 5.41) is 13.3. The van der Waals surface area contributed by atoms with Crippen molar-refractivity contribution in [2.75, 3.05) is 22.4 Å². The van der Waals surface area contributed by atoms with Gasteiger partial charge in [0.05, 0.1) is 6.26 Å². The van der Waals surface area contributed by atoms with E-state index in [0.717, 1.165) is 12.3 Å². The van der Waals surface area contributed by atoms with Crippen LogP contribution in [0.4, 0.5) is 15.8 Å². The van der Waals surface area contributed by atoms with Gasteiger partial charge in [-0.1, -0.05) is 11.6 Å². The van der Waals surface area contributed by atoms with Crippen LogP contribution in [-0.4, -0.2) is 43.7 Å². The molecule has 0 bridgehead atoms. The van der Waals surface area contributed by atoms with E-state index in [1.807, 2.05) is 0 Å². The van der Waals surface area contributed by atoms with Gasteiger partial charge in [0.2, 0.25) is 15.6 Å². The molecule has 1 aliphatic rings. The number of carbonyl (C=O) groups excluding carboxylic acids is 2. The summed E-state index contributed by atoms with van der Waals surface area (Å²) >= 11 is 5.78. The quantitative estimate of drug-likeness (QED) is 0.572. The van der Waals surface area contributed by atoms with Crippen molar-refractivity contribution in [2.45, 2.75) is 18.6 Å². The Bertz CT molecular complexity index is 1070. The molecule has 3 N–H and O–H groups in total. The van der Waals surface area contributed by atoms with E-state index in [9.17, 15) is 27.5 Å². The Hall–Kier alpha value is -2.69. The Morgan fingerprint density at radius 2 is 1.93 bits per heavy atom. The molecule has 0 radical (unpaired) electrons. The van der Waals surface area contributed by atoms with Crippen molar-refractivity contribution < 1.29 is 27.5 Å². The Labute approximate surface area is 177 Å². The van der Waals surface area contributed by atoms with Gasteiger partial charge in [0, 0.05) is 35.9 Å². The lowest BCUT2D eigenvalue weighted by atomic mass is 10.0. The first-order valence-corrected chi connectivity index (χ1v) is 11.1. The summed E-state index contributed by atoms with van der Waals surface area (Å²) in [4.78, 5) is 26.5. The second kappa shape index (κ2) is 8.21. The van der Waals surface area contributed by atoms with Crippen molar-refractivity contribution in [3.63, 3.8) is 0 Å². The van der Waals surface area contributed by atoms with Crippen LogP contribution in [0.15, 0.2) is 42.5 Å². The highest BCUT2D eigenvalue weighted by molar-refractivity contribution is 7.92. The molecule has 1 unspecified atom stereocenters. The zero-order valence-electron chi connectivity index (χ0n) is 15.9. The van der Waals surface area contributed by atoms with E-state index in [1.165, 1.54) is 41.3 Å². The fraction of sp³-hybridized carbons (Fsp3) is 0.263. The fourth-order valence-electron chi connectivity index (χ4n) is 3.13. The number of benzene rings is 2. The van der Waals surface area contributed by atoms with E-state index >= 15 is 0 Å². The first kappa shape index (κ1) is 22.0. The molecule has 1 saturated heterocycles. The van der Waals surface area contributed by atoms with Gasteiger partial charge in [0.1, 0.15) is 5.82 Å². The normalized spacial score (nSPS) is 19.1. The molecule has 0 saturated carbocycles. The van der Waals surface area contributed by atoms with E-state index in [1.54, 1.807) is 0 Å². The zero-order chi connectivity index (χ0) is 22.1. The molecular formula is C19H19ClFN3O5S. The number of anilines is 2. The number of hydrogen-bond acceptors (Lipinski definition) is 5. The molecule has 2 amide bonds. The predicted molar refractivity (Wildman–Crippen MR) is 110 cm³/mol. The van der Waals surface area contributed by atoms with Gasteiger partial charge in [-0.25, -0.2) is 12.8 Å². The lowest BCUT2D eigenvalue weighted by molar-refractivity contribution is -0.149. The number of nitrogens with zero attached hydrogens (tertiary/aromatic N) is 1. The summed E-state index contributed by atoms with van der Waals surface area (Å²) in [5.74, 6) is -2.27. The summed E-state index contributed by atoms with van der Waals surface area (Å²) < 4.78 is 38.3. The van der Waals surface area contributed by atoms with Crippen LogP contribution in [0.3, 0.4) is 0 Å². The van der Waals surface area contributed by atoms with Crippen molar-refractivity contribution in [1.29, 1.82) is 0 Å². The highest BCUT2D eigenvalue weighted by Crippen LogP contribution is 2.29. The molecule has 3 rings (SSSR count). The number of halogens is 2. The van der Waals surface area contributed by atoms with E-state index in [2.05, 4.69) is 10.0 Å². The van der Waals surface area contributed by atoms with Crippen LogP contribution in [0.5, 0.6) is 0 Å². The number of sulfonamides is 1. The summed E-state index contributed by atoms with van der Waals surface area (Å²) in [6.07, 6.45) is 0.881. The minimum absolute atomic E-state index is 0.0907. The van der Waals surface area contributed by atoms with E-state index in [4.69, 9.17) is 11.6 Å². The molecule has 1 atom stereocenters. The van der Waals surface area contributed by atoms with Gasteiger partial charge < -0.3 is 15.3 Å². The molecule has 2 aromatic carbocycles. The summed E-state index contributed by atoms with van der Waals surface area (Å²) in [6, 6.07) is 9.71. The van der Waals surface area contributed by atoms with Crippen molar-refractivity contribution in [3.05, 3.63) is 58.9 Å². The van der Waals surface area contributed by atoms with E-state index in [0.29, 0.717) is 16.9 Å². The van der Waals surface area contributed by atoms with Gasteiger partial charge in [0.15, 0.2) is 0 Å². The van der Waals surface area contributed by atoms with Gasteiger partial charge in [-0.15, -0.1) is 0 Å². The standard InChI is InChI=1S/C19H19ClFN3O5S/c1-30(28,29)23-15-2-4-16(5-3-15)24-7-6-19(27,18(24)26)17(25)22-11-12-8-13(20)10-14(21)9-12/h2-5,8-10,23,27H,6-7,11H2,1H3,(H,22,25). The predicted octanol–water partition coefficient (Wildman–Crippen LogP) is 1.63. The van der Waals surface area contributed by atoms with Crippen LogP contribution >= 0.6 is 11.6 Å². The average Bonchev–Trinajstić information content (AvgIpc) is 2.95. The topological polar surface area (TPSA) is 116 Å². The SMILES string of the molecule is CS(=O)(=O)Nc1ccc(N2CCC(O)(C(=O)NCc3cc(F)cc(Cl)c3)C2=O)cc1. The van der Waals surface area contributed by atoms with Gasteiger partial charge in [-0.2, -0.15) is 0 Å². The van der Waals surface area contributed by atoms with Gasteiger partial charge in [-0.3, -0.25) is 14.3 Å². The molecule has 1 aliphatic heterocycles. The number of carbonyl (C=O) groups is 2. The minimum Gasteiger partial charge on any atom is -0.372 e. The molecule has 8 nitrogen and oxygen atoms in total.